The van der Waals surface area contributed by atoms with Gasteiger partial charge >= 0.3 is 11.8 Å². The maximum atomic E-state index is 12.6. The van der Waals surface area contributed by atoms with Crippen LogP contribution in [0.5, 0.6) is 0 Å². The van der Waals surface area contributed by atoms with Crippen molar-refractivity contribution in [1.82, 2.24) is 10.2 Å². The summed E-state index contributed by atoms with van der Waals surface area (Å²) in [6.45, 7) is 7.57. The highest BCUT2D eigenvalue weighted by molar-refractivity contribution is 6.39. The van der Waals surface area contributed by atoms with Crippen LogP contribution in [-0.2, 0) is 16.0 Å². The molecule has 6 nitrogen and oxygen atoms in total. The molecular weight excluding hydrogens is 412 g/mol. The predicted molar refractivity (Wildman–Crippen MR) is 134 cm³/mol. The van der Waals surface area contributed by atoms with E-state index in [1.165, 1.54) is 36.1 Å². The van der Waals surface area contributed by atoms with E-state index in [2.05, 4.69) is 45.7 Å². The van der Waals surface area contributed by atoms with E-state index >= 15 is 0 Å². The number of hydrogen-bond acceptors (Lipinski definition) is 4. The molecule has 2 aliphatic rings. The third-order valence-corrected chi connectivity index (χ3v) is 7.10. The first kappa shape index (κ1) is 23.3. The van der Waals surface area contributed by atoms with Crippen molar-refractivity contribution >= 4 is 23.2 Å². The Kier molecular flexibility index (Phi) is 7.33. The highest BCUT2D eigenvalue weighted by Crippen LogP contribution is 2.31. The molecule has 1 atom stereocenters. The highest BCUT2D eigenvalue weighted by Gasteiger charge is 2.26. The molecule has 0 aromatic heterocycles. The average Bonchev–Trinajstić information content (AvgIpc) is 2.82. The van der Waals surface area contributed by atoms with E-state index in [0.717, 1.165) is 43.6 Å². The molecule has 0 bridgehead atoms. The maximum absolute atomic E-state index is 12.6. The summed E-state index contributed by atoms with van der Waals surface area (Å²) in [4.78, 5) is 29.9. The fourth-order valence-corrected chi connectivity index (χ4v) is 4.98. The molecule has 1 saturated heterocycles. The molecule has 1 fully saturated rings. The number of carbonyl (C=O) groups excluding carboxylic acids is 2. The fraction of sp³-hybridized carbons (Fsp3) is 0.481. The molecule has 0 radical (unpaired) electrons. The monoisotopic (exact) mass is 448 g/mol. The SMILES string of the molecule is Cc1ccc(NC(=O)C(=O)NCC(c2ccc3c(c2)CCCN3C)N2CCCCC2)cc1C. The molecule has 6 heteroatoms. The third kappa shape index (κ3) is 5.56. The van der Waals surface area contributed by atoms with Gasteiger partial charge < -0.3 is 15.5 Å². The van der Waals surface area contributed by atoms with Crippen LogP contribution in [0.1, 0.15) is 54.0 Å². The minimum absolute atomic E-state index is 0.0706. The zero-order valence-electron chi connectivity index (χ0n) is 20.1. The van der Waals surface area contributed by atoms with E-state index in [1.807, 2.05) is 32.0 Å². The Bertz CT molecular complexity index is 1010. The molecule has 2 amide bonds. The van der Waals surface area contributed by atoms with Crippen LogP contribution in [0.2, 0.25) is 0 Å². The van der Waals surface area contributed by atoms with E-state index in [9.17, 15) is 9.59 Å². The number of aryl methyl sites for hydroxylation is 3. The summed E-state index contributed by atoms with van der Waals surface area (Å²) in [6.07, 6.45) is 5.85. The first-order valence-corrected chi connectivity index (χ1v) is 12.2. The van der Waals surface area contributed by atoms with E-state index in [0.29, 0.717) is 12.2 Å². The van der Waals surface area contributed by atoms with Crippen molar-refractivity contribution in [2.45, 2.75) is 52.0 Å². The number of anilines is 2. The Labute approximate surface area is 197 Å². The number of nitrogens with zero attached hydrogens (tertiary/aromatic N) is 2. The lowest BCUT2D eigenvalue weighted by Crippen LogP contribution is -2.43. The van der Waals surface area contributed by atoms with Crippen molar-refractivity contribution in [1.29, 1.82) is 0 Å². The number of likely N-dealkylation sites (tertiary alicyclic amines) is 1. The van der Waals surface area contributed by atoms with Crippen LogP contribution < -0.4 is 15.5 Å². The summed E-state index contributed by atoms with van der Waals surface area (Å²) in [7, 11) is 2.15. The molecule has 176 valence electrons. The van der Waals surface area contributed by atoms with Crippen LogP contribution in [0, 0.1) is 13.8 Å². The molecule has 0 spiro atoms. The van der Waals surface area contributed by atoms with Gasteiger partial charge in [-0.05, 0) is 93.1 Å². The Morgan fingerprint density at radius 3 is 2.45 bits per heavy atom. The van der Waals surface area contributed by atoms with Crippen LogP contribution in [0.15, 0.2) is 36.4 Å². The molecule has 1 unspecified atom stereocenters. The summed E-state index contributed by atoms with van der Waals surface area (Å²) < 4.78 is 0. The number of piperidine rings is 1. The topological polar surface area (TPSA) is 64.7 Å². The van der Waals surface area contributed by atoms with Crippen LogP contribution >= 0.6 is 0 Å². The second-order valence-corrected chi connectivity index (χ2v) is 9.49. The molecule has 2 aromatic rings. The lowest BCUT2D eigenvalue weighted by atomic mass is 9.95. The van der Waals surface area contributed by atoms with E-state index < -0.39 is 11.8 Å². The normalized spacial score (nSPS) is 17.2. The van der Waals surface area contributed by atoms with Crippen LogP contribution in [0.25, 0.3) is 0 Å². The number of carbonyl (C=O) groups is 2. The van der Waals surface area contributed by atoms with Gasteiger partial charge in [-0.15, -0.1) is 0 Å². The van der Waals surface area contributed by atoms with Gasteiger partial charge in [0.1, 0.15) is 0 Å². The number of fused-ring (bicyclic) bond motifs is 1. The molecule has 2 aromatic carbocycles. The Morgan fingerprint density at radius 2 is 1.70 bits per heavy atom. The molecule has 2 heterocycles. The van der Waals surface area contributed by atoms with Crippen molar-refractivity contribution in [3.63, 3.8) is 0 Å². The van der Waals surface area contributed by atoms with E-state index in [4.69, 9.17) is 0 Å². The van der Waals surface area contributed by atoms with Gasteiger partial charge in [-0.1, -0.05) is 24.6 Å². The summed E-state index contributed by atoms with van der Waals surface area (Å²) in [6, 6.07) is 12.5. The number of rotatable bonds is 5. The zero-order chi connectivity index (χ0) is 23.4. The van der Waals surface area contributed by atoms with Gasteiger partial charge in [-0.25, -0.2) is 0 Å². The second kappa shape index (κ2) is 10.4. The lowest BCUT2D eigenvalue weighted by molar-refractivity contribution is -0.136. The Balaban J connectivity index is 1.46. The highest BCUT2D eigenvalue weighted by atomic mass is 16.2. The molecule has 0 saturated carbocycles. The largest absolute Gasteiger partial charge is 0.374 e. The van der Waals surface area contributed by atoms with Crippen LogP contribution in [-0.4, -0.2) is 49.9 Å². The zero-order valence-corrected chi connectivity index (χ0v) is 20.1. The molecule has 0 aliphatic carbocycles. The Hall–Kier alpha value is -2.86. The second-order valence-electron chi connectivity index (χ2n) is 9.49. The summed E-state index contributed by atoms with van der Waals surface area (Å²) in [5.41, 5.74) is 6.78. The van der Waals surface area contributed by atoms with Crippen molar-refractivity contribution in [3.05, 3.63) is 58.7 Å². The first-order valence-electron chi connectivity index (χ1n) is 12.2. The molecule has 2 N–H and O–H groups in total. The summed E-state index contributed by atoms with van der Waals surface area (Å²) >= 11 is 0. The molecule has 4 rings (SSSR count). The van der Waals surface area contributed by atoms with Crippen LogP contribution in [0.3, 0.4) is 0 Å². The van der Waals surface area contributed by atoms with Crippen molar-refractivity contribution in [2.24, 2.45) is 0 Å². The first-order chi connectivity index (χ1) is 15.9. The van der Waals surface area contributed by atoms with Gasteiger partial charge in [0.05, 0.1) is 6.04 Å². The molecule has 2 aliphatic heterocycles. The average molecular weight is 449 g/mol. The third-order valence-electron chi connectivity index (χ3n) is 7.10. The van der Waals surface area contributed by atoms with E-state index in [-0.39, 0.29) is 6.04 Å². The Morgan fingerprint density at radius 1 is 0.909 bits per heavy atom. The minimum atomic E-state index is -0.622. The maximum Gasteiger partial charge on any atom is 0.313 e. The van der Waals surface area contributed by atoms with Gasteiger partial charge in [0, 0.05) is 31.5 Å². The van der Waals surface area contributed by atoms with E-state index in [1.54, 1.807) is 0 Å². The quantitative estimate of drug-likeness (QED) is 0.680. The number of benzene rings is 2. The van der Waals surface area contributed by atoms with Crippen molar-refractivity contribution < 1.29 is 9.59 Å². The number of nitrogens with one attached hydrogen (secondary N) is 2. The van der Waals surface area contributed by atoms with Crippen molar-refractivity contribution in [3.8, 4) is 0 Å². The van der Waals surface area contributed by atoms with Crippen LogP contribution in [0.4, 0.5) is 11.4 Å². The molecular formula is C27H36N4O2. The predicted octanol–water partition coefficient (Wildman–Crippen LogP) is 3.97. The van der Waals surface area contributed by atoms with Gasteiger partial charge in [0.15, 0.2) is 0 Å². The standard InChI is InChI=1S/C27H36N4O2/c1-19-9-11-23(16-20(19)2)29-27(33)26(32)28-18-25(31-14-5-4-6-15-31)22-10-12-24-21(17-22)8-7-13-30(24)3/h9-12,16-17,25H,4-8,13-15,18H2,1-3H3,(H,28,32)(H,29,33). The molecule has 33 heavy (non-hydrogen) atoms. The van der Waals surface area contributed by atoms with Gasteiger partial charge in [-0.3, -0.25) is 14.5 Å². The summed E-state index contributed by atoms with van der Waals surface area (Å²) in [5, 5.41) is 5.64. The summed E-state index contributed by atoms with van der Waals surface area (Å²) in [5.74, 6) is -1.21. The van der Waals surface area contributed by atoms with Gasteiger partial charge in [-0.2, -0.15) is 0 Å². The van der Waals surface area contributed by atoms with Gasteiger partial charge in [0.2, 0.25) is 0 Å². The number of amides is 2. The van der Waals surface area contributed by atoms with Gasteiger partial charge in [0.25, 0.3) is 0 Å². The minimum Gasteiger partial charge on any atom is -0.374 e. The fourth-order valence-electron chi connectivity index (χ4n) is 4.98. The lowest BCUT2D eigenvalue weighted by Gasteiger charge is -2.36. The number of hydrogen-bond donors (Lipinski definition) is 2. The van der Waals surface area contributed by atoms with Crippen molar-refractivity contribution in [2.75, 3.05) is 43.4 Å². The smallest absolute Gasteiger partial charge is 0.313 e.